The second kappa shape index (κ2) is 60.8. The molecule has 22 nitrogen and oxygen atoms in total. The van der Waals surface area contributed by atoms with E-state index in [1.165, 1.54) is 82.3 Å². The number of hydrogen-bond donors (Lipinski definition) is 11. The van der Waals surface area contributed by atoms with E-state index in [4.69, 9.17) is 64.8 Å². The summed E-state index contributed by atoms with van der Waals surface area (Å²) in [5.41, 5.74) is 15.0. The summed E-state index contributed by atoms with van der Waals surface area (Å²) in [6.45, 7) is 38.3. The number of aromatic hydroxyl groups is 1. The Morgan fingerprint density at radius 2 is 1.12 bits per heavy atom. The molecule has 28 heteroatoms. The number of ketones is 1. The molecule has 3 amide bonds. The van der Waals surface area contributed by atoms with E-state index in [1.54, 1.807) is 10.4 Å². The Morgan fingerprint density at radius 1 is 0.681 bits per heavy atom. The summed E-state index contributed by atoms with van der Waals surface area (Å²) in [5, 5.41) is 49.5. The fourth-order valence-corrected chi connectivity index (χ4v) is 14.6. The van der Waals surface area contributed by atoms with E-state index in [1.807, 2.05) is 46.4 Å². The van der Waals surface area contributed by atoms with Crippen LogP contribution in [-0.2, 0) is 27.1 Å². The van der Waals surface area contributed by atoms with Crippen LogP contribution in [0.25, 0.3) is 0 Å². The number of alkyl carbamates (subject to hydrolysis) is 2. The van der Waals surface area contributed by atoms with Gasteiger partial charge in [0.15, 0.2) is 17.2 Å². The first kappa shape index (κ1) is 110. The number of pyridine rings is 1. The van der Waals surface area contributed by atoms with Gasteiger partial charge in [0.25, 0.3) is 5.91 Å². The molecule has 0 bridgehead atoms. The molecule has 12 atom stereocenters. The van der Waals surface area contributed by atoms with Crippen LogP contribution < -0.4 is 43.9 Å². The number of ether oxygens (including phenoxy) is 2. The number of nitrogens with zero attached hydrogens (tertiary/aromatic N) is 3. The van der Waals surface area contributed by atoms with Crippen molar-refractivity contribution < 1.29 is 62.6 Å². The molecule has 3 heterocycles. The third-order valence-electron chi connectivity index (χ3n) is 20.2. The van der Waals surface area contributed by atoms with Crippen molar-refractivity contribution in [2.75, 3.05) is 70.5 Å². The Balaban J connectivity index is 0. The molecule has 2 aliphatic heterocycles. The van der Waals surface area contributed by atoms with Crippen LogP contribution in [0, 0.1) is 76.8 Å². The Labute approximate surface area is 693 Å². The van der Waals surface area contributed by atoms with Crippen LogP contribution in [0.1, 0.15) is 280 Å². The van der Waals surface area contributed by atoms with Crippen LogP contribution in [0.5, 0.6) is 5.75 Å². The number of rotatable bonds is 19. The normalized spacial score (nSPS) is 22.8. The molecule has 14 N–H and O–H groups in total. The molecule has 1 aromatic carbocycles. The van der Waals surface area contributed by atoms with Gasteiger partial charge in [0.1, 0.15) is 29.0 Å². The quantitative estimate of drug-likeness (QED) is 0.0205. The number of aryl methyl sites for hydroxylation is 1. The van der Waals surface area contributed by atoms with Gasteiger partial charge in [-0.2, -0.15) is 0 Å². The van der Waals surface area contributed by atoms with E-state index in [2.05, 4.69) is 97.7 Å². The van der Waals surface area contributed by atoms with Gasteiger partial charge in [-0.05, 0) is 210 Å². The summed E-state index contributed by atoms with van der Waals surface area (Å²) in [5.74, 6) is 3.27. The number of aliphatic hydroxyl groups is 3. The van der Waals surface area contributed by atoms with E-state index in [9.17, 15) is 43.0 Å². The molecule has 1 unspecified atom stereocenters. The zero-order chi connectivity index (χ0) is 84.0. The molecule has 0 spiro atoms. The second-order valence-corrected chi connectivity index (χ2v) is 35.7. The Morgan fingerprint density at radius 3 is 1.55 bits per heavy atom. The van der Waals surface area contributed by atoms with Crippen LogP contribution in [0.3, 0.4) is 0 Å². The number of aliphatic hydroxyl groups excluding tert-OH is 3. The molecule has 9 rings (SSSR count). The number of alkyl halides is 2. The number of carbonyl (C=O) groups is 4. The number of hydrogen-bond acceptors (Lipinski definition) is 18. The fourth-order valence-electron chi connectivity index (χ4n) is 14.6. The molecule has 654 valence electrons. The molecular weight excluding hydrogens is 1500 g/mol. The first-order chi connectivity index (χ1) is 52.4. The molecular formula is C85H156BCl2F2N10O12P. The maximum absolute atomic E-state index is 14.0. The monoisotopic (exact) mass is 1660 g/mol. The minimum atomic E-state index is -0.890. The summed E-state index contributed by atoms with van der Waals surface area (Å²) >= 11 is 9.53. The van der Waals surface area contributed by atoms with Crippen molar-refractivity contribution in [3.63, 3.8) is 0 Å². The third kappa shape index (κ3) is 45.3. The molecule has 0 radical (unpaired) electrons. The predicted molar refractivity (Wildman–Crippen MR) is 464 cm³/mol. The van der Waals surface area contributed by atoms with Crippen molar-refractivity contribution in [2.24, 2.45) is 70.5 Å². The van der Waals surface area contributed by atoms with Crippen molar-refractivity contribution in [3.8, 4) is 17.7 Å². The van der Waals surface area contributed by atoms with Crippen molar-refractivity contribution >= 4 is 63.5 Å². The van der Waals surface area contributed by atoms with Gasteiger partial charge >= 0.3 is 41.1 Å². The van der Waals surface area contributed by atoms with Crippen molar-refractivity contribution in [1.29, 1.82) is 0 Å². The summed E-state index contributed by atoms with van der Waals surface area (Å²) in [6, 6.07) is 4.24. The number of nitrogens with one attached hydrogen (secondary N) is 4. The van der Waals surface area contributed by atoms with Crippen LogP contribution in [-0.4, -0.2) is 184 Å². The first-order valence-corrected chi connectivity index (χ1v) is 43.0. The Hall–Kier alpha value is -4.58. The number of nitrogens with two attached hydrogens (primary N) is 3. The summed E-state index contributed by atoms with van der Waals surface area (Å²) < 4.78 is 48.4. The van der Waals surface area contributed by atoms with E-state index in [0.29, 0.717) is 55.2 Å². The van der Waals surface area contributed by atoms with Gasteiger partial charge < -0.3 is 72.7 Å². The van der Waals surface area contributed by atoms with Gasteiger partial charge in [-0.25, -0.2) is 18.4 Å². The first-order valence-electron chi connectivity index (χ1n) is 41.1. The van der Waals surface area contributed by atoms with Crippen molar-refractivity contribution in [3.05, 3.63) is 63.1 Å². The third-order valence-corrected chi connectivity index (χ3v) is 20.2. The number of fused-ring (bicyclic) bond motifs is 4. The SMILES string of the molecule is C.C.CC(C)(C)OC(=O)N[C@H]1CCCC[C@H]1CO.CC(C)CN.CC(C)CN1C[C@@H]2CCCC[C@@H]2N2C(=O)c3c(O)c(=O)c(C(=O)CCc4ccc(F)cc4F)cn3C[C@@H]12.CC(C)CNC[C@@H]1CCCC[C@@H]1N.CC(C)CNC[C@@H]1CCCC[C@@H]1NC(=O)OC(C)(C)C.CCP.ClCCl.N[C@H]1CCCC[C@H]1CO.O=BC#CO. The molecule has 5 aliphatic carbocycles. The number of benzene rings is 1. The zero-order valence-electron chi connectivity index (χ0n) is 70.3. The molecule has 5 saturated carbocycles. The van der Waals surface area contributed by atoms with Crippen molar-refractivity contribution in [1.82, 2.24) is 35.6 Å². The number of halogens is 4. The van der Waals surface area contributed by atoms with Gasteiger partial charge in [-0.15, -0.1) is 32.4 Å². The molecule has 1 saturated heterocycles. The molecule has 2 aromatic rings. The van der Waals surface area contributed by atoms with Crippen LogP contribution in [0.15, 0.2) is 29.2 Å². The van der Waals surface area contributed by atoms with E-state index >= 15 is 0 Å². The molecule has 1 aromatic heterocycles. The number of Topliss-reactive ketones (excluding diaryl/α,β-unsaturated/α-hetero) is 1. The average Bonchev–Trinajstić information content (AvgIpc) is 0.732. The number of amides is 3. The van der Waals surface area contributed by atoms with Crippen LogP contribution in [0.4, 0.5) is 18.4 Å². The fraction of sp³-hybridized carbons (Fsp3) is 0.800. The van der Waals surface area contributed by atoms with Crippen molar-refractivity contribution in [2.45, 2.75) is 314 Å². The van der Waals surface area contributed by atoms with E-state index in [-0.39, 0.29) is 117 Å². The summed E-state index contributed by atoms with van der Waals surface area (Å²) in [4.78, 5) is 67.5. The summed E-state index contributed by atoms with van der Waals surface area (Å²) in [7, 11) is 2.90. The van der Waals surface area contributed by atoms with Crippen LogP contribution >= 0.6 is 32.4 Å². The van der Waals surface area contributed by atoms with E-state index < -0.39 is 39.8 Å². The topological polar surface area (TPSA) is 339 Å². The van der Waals surface area contributed by atoms with Crippen LogP contribution in [0.2, 0.25) is 0 Å². The van der Waals surface area contributed by atoms with Gasteiger partial charge in [0, 0.05) is 81.1 Å². The van der Waals surface area contributed by atoms with Gasteiger partial charge in [0.05, 0.1) is 17.4 Å². The number of carbonyl (C=O) groups excluding carboxylic acids is 4. The standard InChI is InChI=1S/C28H33F2N3O4.C16H32N2O2.C12H23NO3.C11H24N2.C7H15NO.C4H11N.C2HBO2.C2H7P.CH2Cl2.2CH4/c1-16(2)12-31-13-18-5-3-4-6-22(18)33-24(31)15-32-14-20(26(35)27(36)25(32)28(33)37)23(34)10-8-17-7-9-19(29)11-21(17)30;1-12(2)10-17-11-13-8-6-7-9-14(13)18-15(19)20-16(3,4)5;1-12(2,3)16-11(15)13-10-7-5-4-6-9(10)8-14;1-9(2)7-13-8-10-5-3-4-6-11(10)12;8-7-4-2-1-3-6(7)5-9;1-4(2)3-5;4-2-1-3-5;1-2-3;2-1-3;;/h7,9,11,14,16,18,22,24,36H,3-6,8,10,12-13,15H2,1-2H3;12-14,17H,6-11H2,1-5H3,(H,18,19);9-10,14H,4-8H2,1-3H3,(H,13,15);9-11,13H,3-8,12H2,1-2H3;6-7,9H,1-5,8H2;4H,3,5H2,1-2H3;4H;2-3H2,1H3;1H2;2*1H4/t18-,22-,24-;13-,14-;9-,10-;10-,11-;6-,7-;;;;;;/m00000....../s1. The average molecular weight is 1660 g/mol. The molecule has 6 fully saturated rings. The Kier molecular flexibility index (Phi) is 59.5. The predicted octanol–water partition coefficient (Wildman–Crippen LogP) is 15.1. The zero-order valence-corrected chi connectivity index (χ0v) is 73.0. The summed E-state index contributed by atoms with van der Waals surface area (Å²) in [6.07, 6.45) is 25.8. The number of aromatic nitrogens is 1. The van der Waals surface area contributed by atoms with Gasteiger partial charge in [-0.1, -0.05) is 147 Å². The van der Waals surface area contributed by atoms with Gasteiger partial charge in [0.2, 0.25) is 5.43 Å². The van der Waals surface area contributed by atoms with Gasteiger partial charge in [-0.3, -0.25) is 19.3 Å². The molecule has 7 aliphatic rings. The minimum absolute atomic E-state index is 0. The Bertz CT molecular complexity index is 3070. The second-order valence-electron chi connectivity index (χ2n) is 34.0. The van der Waals surface area contributed by atoms with E-state index in [0.717, 1.165) is 140 Å². The molecule has 113 heavy (non-hydrogen) atoms. The maximum atomic E-state index is 14.0.